The number of aromatic nitrogens is 2. The van der Waals surface area contributed by atoms with Crippen LogP contribution in [0.2, 0.25) is 0 Å². The molecule has 6 N–H and O–H groups in total. The van der Waals surface area contributed by atoms with Crippen LogP contribution in [0.15, 0.2) is 60.9 Å². The molecule has 0 fully saturated rings. The fourth-order valence-electron chi connectivity index (χ4n) is 5.35. The molecule has 0 radical (unpaired) electrons. The number of carbonyl (C=O) groups excluding carboxylic acids is 2. The third kappa shape index (κ3) is 11.1. The minimum absolute atomic E-state index is 0. The number of fused-ring (bicyclic) bond motifs is 2. The number of methoxy groups -OCH3 is 2. The first-order valence-corrected chi connectivity index (χ1v) is 16.0. The molecule has 12 heteroatoms. The fraction of sp³-hybridized carbons (Fsp3) is 0.429. The molecule has 0 aliphatic carbocycles. The Labute approximate surface area is 283 Å². The van der Waals surface area contributed by atoms with E-state index in [4.69, 9.17) is 15.2 Å². The monoisotopic (exact) mass is 665 g/mol. The summed E-state index contributed by atoms with van der Waals surface area (Å²) in [4.78, 5) is 33.9. The second-order valence-corrected chi connectivity index (χ2v) is 11.7. The minimum atomic E-state index is -0.731. The van der Waals surface area contributed by atoms with E-state index >= 15 is 0 Å². The summed E-state index contributed by atoms with van der Waals surface area (Å²) in [5.41, 5.74) is 9.69. The van der Waals surface area contributed by atoms with Gasteiger partial charge in [0.2, 0.25) is 11.8 Å². The van der Waals surface area contributed by atoms with Crippen LogP contribution < -0.4 is 36.5 Å². The molecular formula is C35H48ClN7O4. The molecule has 0 aliphatic heterocycles. The van der Waals surface area contributed by atoms with E-state index in [-0.39, 0.29) is 42.7 Å². The molecule has 2 aromatic heterocycles. The van der Waals surface area contributed by atoms with Crippen molar-refractivity contribution in [3.05, 3.63) is 60.9 Å². The van der Waals surface area contributed by atoms with Crippen molar-refractivity contribution in [1.29, 1.82) is 0 Å². The van der Waals surface area contributed by atoms with Crippen LogP contribution in [-0.2, 0) is 9.59 Å². The predicted molar refractivity (Wildman–Crippen MR) is 192 cm³/mol. The number of nitrogens with one attached hydrogen (secondary N) is 4. The average Bonchev–Trinajstić information content (AvgIpc) is 3.07. The Morgan fingerprint density at radius 1 is 0.766 bits per heavy atom. The Balaban J connectivity index is 0.00000600. The first-order chi connectivity index (χ1) is 22.3. The van der Waals surface area contributed by atoms with Gasteiger partial charge in [-0.15, -0.1) is 12.4 Å². The van der Waals surface area contributed by atoms with Crippen molar-refractivity contribution >= 4 is 57.4 Å². The largest absolute Gasteiger partial charge is 0.497 e. The molecule has 3 atom stereocenters. The Hall–Kier alpha value is -4.35. The standard InChI is InChI=1S/C35H47N7O4.ClH/c1-23(41-30-21-27(45-3)19-25-11-7-16-38-33(25)30)9-5-15-37-32(43)14-13-29(36)35(44)40-18-6-10-24(2)42-31-22-28(46-4)20-26-12-8-17-39-34(26)31;/h7-8,11-12,16-17,19-24,29,41-42H,5-6,9-10,13-15,18,36H2,1-4H3,(H,37,43)(H,40,44);1H/t23?,24?,29-;/m0./s1. The van der Waals surface area contributed by atoms with Crippen molar-refractivity contribution in [3.63, 3.8) is 0 Å². The smallest absolute Gasteiger partial charge is 0.236 e. The van der Waals surface area contributed by atoms with E-state index in [9.17, 15) is 9.59 Å². The van der Waals surface area contributed by atoms with Crippen molar-refractivity contribution in [2.75, 3.05) is 37.9 Å². The number of ether oxygens (including phenoxy) is 2. The van der Waals surface area contributed by atoms with Gasteiger partial charge in [-0.3, -0.25) is 19.6 Å². The maximum absolute atomic E-state index is 12.5. The summed E-state index contributed by atoms with van der Waals surface area (Å²) in [7, 11) is 3.30. The van der Waals surface area contributed by atoms with Gasteiger partial charge in [-0.2, -0.15) is 0 Å². The molecule has 254 valence electrons. The zero-order valence-corrected chi connectivity index (χ0v) is 28.5. The van der Waals surface area contributed by atoms with E-state index in [0.29, 0.717) is 19.5 Å². The SMILES string of the molecule is COc1cc(NC(C)CCCNC(=O)CC[C@H](N)C(=O)NCCCC(C)Nc2cc(OC)cc3cccnc23)c2ncccc2c1.Cl. The van der Waals surface area contributed by atoms with Gasteiger partial charge >= 0.3 is 0 Å². The highest BCUT2D eigenvalue weighted by molar-refractivity contribution is 5.92. The molecule has 0 saturated carbocycles. The van der Waals surface area contributed by atoms with Gasteiger partial charge in [0.15, 0.2) is 0 Å². The Kier molecular flexibility index (Phi) is 14.8. The molecule has 4 rings (SSSR count). The van der Waals surface area contributed by atoms with Crippen LogP contribution in [0.1, 0.15) is 52.4 Å². The number of halogens is 1. The lowest BCUT2D eigenvalue weighted by atomic mass is 10.1. The number of hydrogen-bond acceptors (Lipinski definition) is 9. The predicted octanol–water partition coefficient (Wildman–Crippen LogP) is 5.42. The van der Waals surface area contributed by atoms with Gasteiger partial charge in [0.05, 0.1) is 42.7 Å². The van der Waals surface area contributed by atoms with Crippen LogP contribution >= 0.6 is 12.4 Å². The summed E-state index contributed by atoms with van der Waals surface area (Å²) in [6.07, 6.45) is 7.32. The van der Waals surface area contributed by atoms with Gasteiger partial charge < -0.3 is 36.5 Å². The lowest BCUT2D eigenvalue weighted by Gasteiger charge is -2.18. The number of nitrogens with zero attached hydrogens (tertiary/aromatic N) is 2. The maximum atomic E-state index is 12.5. The van der Waals surface area contributed by atoms with Gasteiger partial charge in [0.1, 0.15) is 11.5 Å². The number of anilines is 2. The molecule has 0 aliphatic rings. The van der Waals surface area contributed by atoms with E-state index in [2.05, 4.69) is 45.1 Å². The highest BCUT2D eigenvalue weighted by atomic mass is 35.5. The molecular weight excluding hydrogens is 618 g/mol. The molecule has 0 spiro atoms. The van der Waals surface area contributed by atoms with Crippen LogP contribution in [-0.4, -0.2) is 67.2 Å². The topological polar surface area (TPSA) is 153 Å². The van der Waals surface area contributed by atoms with Crippen molar-refractivity contribution < 1.29 is 19.1 Å². The highest BCUT2D eigenvalue weighted by Crippen LogP contribution is 2.29. The summed E-state index contributed by atoms with van der Waals surface area (Å²) in [6.45, 7) is 5.26. The summed E-state index contributed by atoms with van der Waals surface area (Å²) >= 11 is 0. The molecule has 11 nitrogen and oxygen atoms in total. The van der Waals surface area contributed by atoms with Crippen LogP contribution in [0.4, 0.5) is 11.4 Å². The second-order valence-electron chi connectivity index (χ2n) is 11.7. The van der Waals surface area contributed by atoms with Gasteiger partial charge in [0, 0.05) is 66.9 Å². The number of benzene rings is 2. The van der Waals surface area contributed by atoms with E-state index in [1.54, 1.807) is 26.6 Å². The third-order valence-electron chi connectivity index (χ3n) is 7.90. The number of pyridine rings is 2. The molecule has 0 bridgehead atoms. The zero-order valence-electron chi connectivity index (χ0n) is 27.7. The molecule has 2 amide bonds. The van der Waals surface area contributed by atoms with Crippen LogP contribution in [0.3, 0.4) is 0 Å². The summed E-state index contributed by atoms with van der Waals surface area (Å²) in [6, 6.07) is 15.3. The molecule has 4 aromatic rings. The van der Waals surface area contributed by atoms with E-state index in [0.717, 1.165) is 70.4 Å². The van der Waals surface area contributed by atoms with Gasteiger partial charge in [-0.25, -0.2) is 0 Å². The second kappa shape index (κ2) is 18.7. The number of nitrogens with two attached hydrogens (primary N) is 1. The van der Waals surface area contributed by atoms with Gasteiger partial charge in [-0.05, 0) is 70.2 Å². The van der Waals surface area contributed by atoms with E-state index < -0.39 is 6.04 Å². The quantitative estimate of drug-likeness (QED) is 0.0877. The van der Waals surface area contributed by atoms with E-state index in [1.807, 2.05) is 48.5 Å². The van der Waals surface area contributed by atoms with Crippen LogP contribution in [0.5, 0.6) is 11.5 Å². The third-order valence-corrected chi connectivity index (χ3v) is 7.90. The average molecular weight is 666 g/mol. The first-order valence-electron chi connectivity index (χ1n) is 16.0. The van der Waals surface area contributed by atoms with Crippen molar-refractivity contribution in [2.45, 2.75) is 70.5 Å². The van der Waals surface area contributed by atoms with Gasteiger partial charge in [-0.1, -0.05) is 12.1 Å². The Morgan fingerprint density at radius 2 is 1.26 bits per heavy atom. The van der Waals surface area contributed by atoms with Crippen molar-refractivity contribution in [3.8, 4) is 11.5 Å². The molecule has 2 unspecified atom stereocenters. The molecule has 2 aromatic carbocycles. The summed E-state index contributed by atoms with van der Waals surface area (Å²) < 4.78 is 10.9. The van der Waals surface area contributed by atoms with Crippen molar-refractivity contribution in [2.24, 2.45) is 5.73 Å². The van der Waals surface area contributed by atoms with Gasteiger partial charge in [0.25, 0.3) is 0 Å². The maximum Gasteiger partial charge on any atom is 0.236 e. The molecule has 47 heavy (non-hydrogen) atoms. The Morgan fingerprint density at radius 3 is 1.74 bits per heavy atom. The normalized spacial score (nSPS) is 12.8. The molecule has 2 heterocycles. The number of carbonyl (C=O) groups is 2. The van der Waals surface area contributed by atoms with Crippen molar-refractivity contribution in [1.82, 2.24) is 20.6 Å². The van der Waals surface area contributed by atoms with Crippen LogP contribution in [0, 0.1) is 0 Å². The Bertz CT molecular complexity index is 1610. The lowest BCUT2D eigenvalue weighted by molar-refractivity contribution is -0.123. The number of rotatable bonds is 18. The van der Waals surface area contributed by atoms with Crippen LogP contribution in [0.25, 0.3) is 21.8 Å². The number of amides is 2. The number of hydrogen-bond donors (Lipinski definition) is 5. The lowest BCUT2D eigenvalue weighted by Crippen LogP contribution is -2.42. The van der Waals surface area contributed by atoms with E-state index in [1.165, 1.54) is 0 Å². The fourth-order valence-corrected chi connectivity index (χ4v) is 5.35. The highest BCUT2D eigenvalue weighted by Gasteiger charge is 2.16. The molecule has 0 saturated heterocycles. The summed E-state index contributed by atoms with van der Waals surface area (Å²) in [5.74, 6) is 1.19. The first kappa shape index (κ1) is 37.1. The summed E-state index contributed by atoms with van der Waals surface area (Å²) in [5, 5.41) is 14.9. The minimum Gasteiger partial charge on any atom is -0.497 e. The zero-order chi connectivity index (χ0) is 32.9.